The summed E-state index contributed by atoms with van der Waals surface area (Å²) in [6.07, 6.45) is 0. The Hall–Kier alpha value is -6.29. The van der Waals surface area contributed by atoms with Crippen molar-refractivity contribution in [3.8, 4) is 5.75 Å². The van der Waals surface area contributed by atoms with Gasteiger partial charge in [0.1, 0.15) is 32.5 Å². The van der Waals surface area contributed by atoms with E-state index in [0.717, 1.165) is 18.2 Å². The summed E-state index contributed by atoms with van der Waals surface area (Å²) in [5, 5.41) is 27.7. The lowest BCUT2D eigenvalue weighted by Gasteiger charge is -2.16. The zero-order valence-electron chi connectivity index (χ0n) is 29.7. The lowest BCUT2D eigenvalue weighted by Crippen LogP contribution is -2.13. The van der Waals surface area contributed by atoms with Gasteiger partial charge in [0.2, 0.25) is 17.2 Å². The number of phenols is 1. The number of nitrogens with two attached hydrogens (primary N) is 4. The lowest BCUT2D eigenvalue weighted by molar-refractivity contribution is 0.332. The maximum atomic E-state index is 13.1. The molecule has 1 aromatic heterocycles. The zero-order chi connectivity index (χ0) is 46.2. The van der Waals surface area contributed by atoms with E-state index in [2.05, 4.69) is 49.3 Å². The van der Waals surface area contributed by atoms with E-state index in [1.54, 1.807) is 14.2 Å². The number of hydrogen-bond acceptors (Lipinski definition) is 25. The average molecular weight is 986 g/mol. The first-order valence-electron chi connectivity index (χ1n) is 15.3. The van der Waals surface area contributed by atoms with Crippen molar-refractivity contribution in [3.05, 3.63) is 53.8 Å². The highest BCUT2D eigenvalue weighted by Crippen LogP contribution is 2.49. The molecule has 332 valence electrons. The first kappa shape index (κ1) is 46.8. The number of azo groups is 2. The molecule has 0 fully saturated rings. The minimum absolute atomic E-state index is 0.00577. The summed E-state index contributed by atoms with van der Waals surface area (Å²) in [6, 6.07) is 6.78. The fraction of sp³-hybridized carbons (Fsp3) is 0. The number of fused-ring (bicyclic) bond motifs is 1. The van der Waals surface area contributed by atoms with Gasteiger partial charge < -0.3 is 21.9 Å². The van der Waals surface area contributed by atoms with Gasteiger partial charge in [-0.3, -0.25) is 27.8 Å². The molecule has 62 heavy (non-hydrogen) atoms. The summed E-state index contributed by atoms with van der Waals surface area (Å²) in [5.74, 6) is 8.08. The van der Waals surface area contributed by atoms with Crippen molar-refractivity contribution in [1.29, 1.82) is 0 Å². The van der Waals surface area contributed by atoms with Crippen LogP contribution >= 0.6 is 11.6 Å². The van der Waals surface area contributed by atoms with Gasteiger partial charge in [-0.2, -0.15) is 77.4 Å². The van der Waals surface area contributed by atoms with Crippen molar-refractivity contribution in [3.63, 3.8) is 0 Å². The van der Waals surface area contributed by atoms with Crippen molar-refractivity contribution >= 4 is 137 Å². The molecule has 31 nitrogen and oxygen atoms in total. The molecule has 16 N–H and O–H groups in total. The molecule has 0 spiro atoms. The molecular formula is C25H24ClN15O16S5. The minimum atomic E-state index is -5.27. The van der Waals surface area contributed by atoms with Gasteiger partial charge >= 0.3 is 51.1 Å². The Kier molecular flexibility index (Phi) is 13.0. The quantitative estimate of drug-likeness (QED) is 0.0291. The molecule has 0 bridgehead atoms. The molecule has 37 heteroatoms. The maximum Gasteiger partial charge on any atom is 0.357 e. The van der Waals surface area contributed by atoms with Crippen LogP contribution in [0.5, 0.6) is 5.75 Å². The first-order valence-corrected chi connectivity index (χ1v) is 22.8. The predicted octanol–water partition coefficient (Wildman–Crippen LogP) is 1.92. The van der Waals surface area contributed by atoms with E-state index in [0.29, 0.717) is 24.3 Å². The molecule has 0 aliphatic heterocycles. The van der Waals surface area contributed by atoms with E-state index in [1.165, 1.54) is 6.07 Å². The number of hydrogen-bond donors (Lipinski definition) is 12. The van der Waals surface area contributed by atoms with Crippen LogP contribution in [-0.2, 0) is 59.7 Å². The second-order valence-corrected chi connectivity index (χ2v) is 18.3. The van der Waals surface area contributed by atoms with Crippen LogP contribution < -0.4 is 42.7 Å². The predicted molar refractivity (Wildman–Crippen MR) is 214 cm³/mol. The molecule has 0 saturated carbocycles. The molecule has 0 amide bonds. The monoisotopic (exact) mass is 985 g/mol. The van der Waals surface area contributed by atoms with E-state index < -0.39 is 123 Å². The number of aromatic nitrogens is 3. The fourth-order valence-corrected chi connectivity index (χ4v) is 7.87. The summed E-state index contributed by atoms with van der Waals surface area (Å²) in [6.45, 7) is 0. The van der Waals surface area contributed by atoms with Crippen molar-refractivity contribution in [2.45, 2.75) is 9.79 Å². The number of nitrogens with zero attached hydrogens (tertiary/aromatic N) is 7. The molecule has 0 atom stereocenters. The third-order valence-corrected chi connectivity index (χ3v) is 11.1. The van der Waals surface area contributed by atoms with Gasteiger partial charge in [-0.05, 0) is 65.5 Å². The van der Waals surface area contributed by atoms with Crippen LogP contribution in [0.15, 0.2) is 78.8 Å². The molecule has 0 aliphatic carbocycles. The van der Waals surface area contributed by atoms with Crippen LogP contribution in [0.1, 0.15) is 0 Å². The number of benzene rings is 4. The highest BCUT2D eigenvalue weighted by molar-refractivity contribution is 7.88. The van der Waals surface area contributed by atoms with Gasteiger partial charge in [-0.1, -0.05) is 0 Å². The van der Waals surface area contributed by atoms with E-state index >= 15 is 0 Å². The van der Waals surface area contributed by atoms with Gasteiger partial charge in [-0.15, -0.1) is 20.5 Å². The Morgan fingerprint density at radius 3 is 1.76 bits per heavy atom. The first-order chi connectivity index (χ1) is 28.6. The number of halogens is 1. The van der Waals surface area contributed by atoms with Crippen molar-refractivity contribution in [1.82, 2.24) is 15.0 Å². The number of phenolic OH excluding ortho intramolecular Hbond substituents is 1. The van der Waals surface area contributed by atoms with Gasteiger partial charge in [0.15, 0.2) is 5.75 Å². The molecule has 0 unspecified atom stereocenters. The summed E-state index contributed by atoms with van der Waals surface area (Å²) in [4.78, 5) is 9.18. The normalized spacial score (nSPS) is 12.9. The Balaban J connectivity index is 1.79. The van der Waals surface area contributed by atoms with Crippen LogP contribution in [0.25, 0.3) is 10.8 Å². The van der Waals surface area contributed by atoms with Gasteiger partial charge in [0.25, 0.3) is 0 Å². The number of anilines is 7. The van der Waals surface area contributed by atoms with Crippen LogP contribution in [0.3, 0.4) is 0 Å². The smallest absolute Gasteiger partial charge is 0.357 e. The summed E-state index contributed by atoms with van der Waals surface area (Å²) >= 11 is 5.81. The topological polar surface area (TPSA) is 510 Å². The van der Waals surface area contributed by atoms with Crippen LogP contribution in [0.2, 0.25) is 5.28 Å². The van der Waals surface area contributed by atoms with Crippen molar-refractivity contribution in [2.75, 3.05) is 31.0 Å². The van der Waals surface area contributed by atoms with Crippen LogP contribution in [-0.4, -0.2) is 75.8 Å². The van der Waals surface area contributed by atoms with E-state index in [1.807, 2.05) is 0 Å². The second kappa shape index (κ2) is 17.2. The molecule has 5 rings (SSSR count). The summed E-state index contributed by atoms with van der Waals surface area (Å²) in [7, 11) is -25.3. The molecule has 1 heterocycles. The maximum absolute atomic E-state index is 13.1. The van der Waals surface area contributed by atoms with Gasteiger partial charge in [-0.25, -0.2) is 0 Å². The Morgan fingerprint density at radius 2 is 1.16 bits per heavy atom. The Labute approximate surface area is 352 Å². The van der Waals surface area contributed by atoms with Gasteiger partial charge in [0, 0.05) is 5.69 Å². The average Bonchev–Trinajstić information content (AvgIpc) is 3.12. The van der Waals surface area contributed by atoms with Crippen molar-refractivity contribution in [2.24, 2.45) is 32.3 Å². The van der Waals surface area contributed by atoms with Gasteiger partial charge in [0.05, 0.1) is 28.1 Å². The third kappa shape index (κ3) is 11.3. The lowest BCUT2D eigenvalue weighted by atomic mass is 10.0. The highest BCUT2D eigenvalue weighted by Gasteiger charge is 2.28. The summed E-state index contributed by atoms with van der Waals surface area (Å²) < 4.78 is 163. The number of nitrogen functional groups attached to an aromatic ring is 2. The zero-order valence-corrected chi connectivity index (χ0v) is 34.5. The van der Waals surface area contributed by atoms with Crippen molar-refractivity contribution < 1.29 is 69.4 Å². The fourth-order valence-electron chi connectivity index (χ4n) is 4.95. The molecule has 4 aromatic carbocycles. The number of rotatable bonds is 16. The molecule has 0 radical (unpaired) electrons. The Morgan fingerprint density at radius 1 is 0.613 bits per heavy atom. The standard InChI is InChI=1S/C25H24ClN15O16S5/c26-23-32-24(28)34-25(33-23)31-10-1-3-12(40-61(50,51)52)13(7-10)35-38-21-17(59(45,46)57-30)6-9-5-15(41-62(53,54)55)20(19(27)18(9)22(21)42)37-36-14-8-11(39-60(47,48)49)2-4-16(14)58(43,44)56-29/h1-8,39-42H,27,29-30H2,(H,47,48,49)(H,50,51,52)(H,53,54,55)(H3,28,31,32,33,34). The largest absolute Gasteiger partial charge is 0.505 e. The van der Waals surface area contributed by atoms with E-state index in [4.69, 9.17) is 34.9 Å². The minimum Gasteiger partial charge on any atom is -0.505 e. The summed E-state index contributed by atoms with van der Waals surface area (Å²) in [5.41, 5.74) is 5.83. The number of aromatic hydroxyl groups is 1. The van der Waals surface area contributed by atoms with Crippen LogP contribution in [0.4, 0.5) is 63.1 Å². The molecule has 5 aromatic rings. The number of nitrogens with one attached hydrogen (secondary N) is 4. The SMILES string of the molecule is NOS(=O)(=O)c1ccc(NS(=O)(=O)O)cc1N=Nc1c(NS(=O)(=O)O)cc2cc(S(=O)(=O)ON)c(N=Nc3cc(Nc4nc(N)nc(Cl)n4)ccc3NS(=O)(=O)O)c(O)c2c1N. The van der Waals surface area contributed by atoms with E-state index in [9.17, 15) is 60.9 Å². The van der Waals surface area contributed by atoms with Crippen LogP contribution in [0, 0.1) is 0 Å². The highest BCUT2D eigenvalue weighted by atomic mass is 35.5. The Bertz CT molecular complexity index is 3270. The molecule has 0 saturated heterocycles. The third-order valence-electron chi connectivity index (χ3n) is 7.22. The molecule has 0 aliphatic rings. The second-order valence-electron chi connectivity index (χ2n) is 11.4. The molecular weight excluding hydrogens is 962 g/mol. The van der Waals surface area contributed by atoms with E-state index in [-0.39, 0.29) is 22.9 Å².